The largest absolute Gasteiger partial charge is 0.479 e. The summed E-state index contributed by atoms with van der Waals surface area (Å²) < 4.78 is 47.1. The number of aromatic nitrogens is 2. The van der Waals surface area contributed by atoms with Crippen molar-refractivity contribution in [3.63, 3.8) is 0 Å². The summed E-state index contributed by atoms with van der Waals surface area (Å²) in [5, 5.41) is 14.4. The minimum atomic E-state index is -3.64. The fourth-order valence-corrected chi connectivity index (χ4v) is 4.91. The van der Waals surface area contributed by atoms with E-state index in [1.165, 1.54) is 10.4 Å². The number of rotatable bonds is 8. The Morgan fingerprint density at radius 1 is 1.09 bits per heavy atom. The second-order valence-electron chi connectivity index (χ2n) is 7.85. The molecule has 2 N–H and O–H groups in total. The fraction of sp³-hybridized carbons (Fsp3) is 0.261. The van der Waals surface area contributed by atoms with Crippen LogP contribution in [0.25, 0.3) is 0 Å². The molecule has 1 aliphatic heterocycles. The van der Waals surface area contributed by atoms with Gasteiger partial charge in [-0.3, -0.25) is 0 Å². The van der Waals surface area contributed by atoms with E-state index in [4.69, 9.17) is 10.00 Å². The summed E-state index contributed by atoms with van der Waals surface area (Å²) in [6.45, 7) is 2.13. The molecule has 3 aromatic rings. The first-order chi connectivity index (χ1) is 16.8. The van der Waals surface area contributed by atoms with E-state index < -0.39 is 15.8 Å². The van der Waals surface area contributed by atoms with Gasteiger partial charge in [-0.1, -0.05) is 6.07 Å². The van der Waals surface area contributed by atoms with Gasteiger partial charge in [-0.25, -0.2) is 17.8 Å². The molecule has 1 saturated heterocycles. The maximum Gasteiger partial charge on any atom is 0.243 e. The summed E-state index contributed by atoms with van der Waals surface area (Å²) in [5.74, 6) is -0.118. The second-order valence-corrected chi connectivity index (χ2v) is 9.78. The Balaban J connectivity index is 1.48. The predicted octanol–water partition coefficient (Wildman–Crippen LogP) is 2.94. The number of piperazine rings is 1. The van der Waals surface area contributed by atoms with Crippen LogP contribution in [0.15, 0.2) is 59.6 Å². The maximum atomic E-state index is 14.3. The first-order valence-electron chi connectivity index (χ1n) is 10.8. The lowest BCUT2D eigenvalue weighted by Gasteiger charge is -2.31. The molecule has 12 heteroatoms. The van der Waals surface area contributed by atoms with Gasteiger partial charge in [0.05, 0.1) is 11.1 Å². The highest BCUT2D eigenvalue weighted by Gasteiger charge is 2.27. The molecule has 0 radical (unpaired) electrons. The zero-order valence-corrected chi connectivity index (χ0v) is 19.8. The van der Waals surface area contributed by atoms with E-state index in [0.29, 0.717) is 43.3 Å². The van der Waals surface area contributed by atoms with Gasteiger partial charge in [-0.05, 0) is 49.5 Å². The zero-order valence-electron chi connectivity index (χ0n) is 19.0. The Morgan fingerprint density at radius 3 is 2.54 bits per heavy atom. The Morgan fingerprint density at radius 2 is 1.83 bits per heavy atom. The van der Waals surface area contributed by atoms with Gasteiger partial charge in [0, 0.05) is 37.6 Å². The highest BCUT2D eigenvalue weighted by Crippen LogP contribution is 2.25. The van der Waals surface area contributed by atoms with Crippen LogP contribution in [-0.4, -0.2) is 67.4 Å². The summed E-state index contributed by atoms with van der Waals surface area (Å²) in [7, 11) is -1.68. The Labute approximate surface area is 203 Å². The van der Waals surface area contributed by atoms with Crippen LogP contribution in [0.5, 0.6) is 5.75 Å². The van der Waals surface area contributed by atoms with Crippen molar-refractivity contribution < 1.29 is 17.5 Å². The average molecular weight is 498 g/mol. The maximum absolute atomic E-state index is 14.3. The molecule has 0 unspecified atom stereocenters. The van der Waals surface area contributed by atoms with Gasteiger partial charge in [0.1, 0.15) is 11.8 Å². The first-order valence-corrected chi connectivity index (χ1v) is 12.2. The number of nitriles is 1. The van der Waals surface area contributed by atoms with E-state index in [9.17, 15) is 12.8 Å². The summed E-state index contributed by atoms with van der Waals surface area (Å²) in [5.41, 5.74) is 1.01. The normalized spacial score (nSPS) is 14.8. The van der Waals surface area contributed by atoms with Crippen molar-refractivity contribution in [3.05, 3.63) is 60.5 Å². The van der Waals surface area contributed by atoms with Gasteiger partial charge in [0.15, 0.2) is 18.2 Å². The van der Waals surface area contributed by atoms with E-state index in [1.807, 2.05) is 13.1 Å². The van der Waals surface area contributed by atoms with Crippen LogP contribution in [0.1, 0.15) is 0 Å². The number of nitrogens with zero attached hydrogens (tertiary/aromatic N) is 5. The number of halogens is 1. The van der Waals surface area contributed by atoms with Gasteiger partial charge < -0.3 is 20.3 Å². The standard InChI is InChI=1S/C23H24FN7O3S/c1-30-10-12-31(13-11-30)35(32,33)20-4-2-3-18(15-20)28-23-26-16-21(24)22(29-23)27-17-5-7-19(8-6-17)34-14-9-25/h2-8,15-16H,10-14H2,1H3,(H2,26,27,28,29). The molecule has 0 spiro atoms. The minimum absolute atomic E-state index is 0.0607. The number of anilines is 4. The van der Waals surface area contributed by atoms with Crippen LogP contribution in [0.4, 0.5) is 27.5 Å². The van der Waals surface area contributed by atoms with Crippen molar-refractivity contribution >= 4 is 33.2 Å². The van der Waals surface area contributed by atoms with Gasteiger partial charge in [-0.2, -0.15) is 14.6 Å². The van der Waals surface area contributed by atoms with Crippen LogP contribution in [0.3, 0.4) is 0 Å². The molecule has 0 saturated carbocycles. The molecule has 2 aromatic carbocycles. The third-order valence-corrected chi connectivity index (χ3v) is 7.25. The monoisotopic (exact) mass is 497 g/mol. The number of likely N-dealkylation sites (N-methyl/N-ethyl adjacent to an activating group) is 1. The van der Waals surface area contributed by atoms with Crippen molar-refractivity contribution in [3.8, 4) is 11.8 Å². The topological polar surface area (TPSA) is 123 Å². The number of nitrogens with one attached hydrogen (secondary N) is 2. The van der Waals surface area contributed by atoms with E-state index in [0.717, 1.165) is 6.20 Å². The molecular weight excluding hydrogens is 473 g/mol. The van der Waals surface area contributed by atoms with Crippen LogP contribution in [0, 0.1) is 17.1 Å². The number of ether oxygens (including phenoxy) is 1. The van der Waals surface area contributed by atoms with Crippen molar-refractivity contribution in [2.24, 2.45) is 0 Å². The number of hydrogen-bond acceptors (Lipinski definition) is 9. The first kappa shape index (κ1) is 24.3. The molecular formula is C23H24FN7O3S. The lowest BCUT2D eigenvalue weighted by atomic mass is 10.3. The SMILES string of the molecule is CN1CCN(S(=O)(=O)c2cccc(Nc3ncc(F)c(Nc4ccc(OCC#N)cc4)n3)c2)CC1. The summed E-state index contributed by atoms with van der Waals surface area (Å²) in [6.07, 6.45) is 1.02. The second kappa shape index (κ2) is 10.6. The van der Waals surface area contributed by atoms with Gasteiger partial charge >= 0.3 is 0 Å². The molecule has 2 heterocycles. The van der Waals surface area contributed by atoms with E-state index in [1.54, 1.807) is 42.5 Å². The molecule has 1 aromatic heterocycles. The van der Waals surface area contributed by atoms with Gasteiger partial charge in [0.25, 0.3) is 0 Å². The Kier molecular flexibility index (Phi) is 7.40. The van der Waals surface area contributed by atoms with E-state index in [-0.39, 0.29) is 23.3 Å². The molecule has 0 aliphatic carbocycles. The molecule has 1 fully saturated rings. The molecule has 1 aliphatic rings. The quantitative estimate of drug-likeness (QED) is 0.483. The van der Waals surface area contributed by atoms with Crippen molar-refractivity contribution in [1.82, 2.24) is 19.2 Å². The van der Waals surface area contributed by atoms with Gasteiger partial charge in [-0.15, -0.1) is 0 Å². The van der Waals surface area contributed by atoms with Gasteiger partial charge in [0.2, 0.25) is 16.0 Å². The van der Waals surface area contributed by atoms with Crippen LogP contribution >= 0.6 is 0 Å². The third-order valence-electron chi connectivity index (χ3n) is 5.35. The molecule has 4 rings (SSSR count). The zero-order chi connectivity index (χ0) is 24.8. The average Bonchev–Trinajstić information content (AvgIpc) is 2.86. The van der Waals surface area contributed by atoms with Crippen LogP contribution in [0.2, 0.25) is 0 Å². The van der Waals surface area contributed by atoms with E-state index >= 15 is 0 Å². The number of sulfonamides is 1. The molecule has 0 atom stereocenters. The molecule has 0 amide bonds. The fourth-order valence-electron chi connectivity index (χ4n) is 3.44. The van der Waals surface area contributed by atoms with Crippen molar-refractivity contribution in [2.75, 3.05) is 50.5 Å². The molecule has 182 valence electrons. The predicted molar refractivity (Wildman–Crippen MR) is 129 cm³/mol. The lowest BCUT2D eigenvalue weighted by Crippen LogP contribution is -2.47. The number of hydrogen-bond donors (Lipinski definition) is 2. The number of benzene rings is 2. The molecule has 10 nitrogen and oxygen atoms in total. The Bertz CT molecular complexity index is 1320. The van der Waals surface area contributed by atoms with Crippen LogP contribution in [-0.2, 0) is 10.0 Å². The Hall–Kier alpha value is -3.79. The summed E-state index contributed by atoms with van der Waals surface area (Å²) in [4.78, 5) is 10.4. The highest BCUT2D eigenvalue weighted by molar-refractivity contribution is 7.89. The van der Waals surface area contributed by atoms with Crippen molar-refractivity contribution in [1.29, 1.82) is 5.26 Å². The minimum Gasteiger partial charge on any atom is -0.479 e. The molecule has 35 heavy (non-hydrogen) atoms. The third kappa shape index (κ3) is 6.02. The smallest absolute Gasteiger partial charge is 0.243 e. The highest BCUT2D eigenvalue weighted by atomic mass is 32.2. The van der Waals surface area contributed by atoms with E-state index in [2.05, 4.69) is 25.5 Å². The lowest BCUT2D eigenvalue weighted by molar-refractivity contribution is 0.222. The van der Waals surface area contributed by atoms with Crippen molar-refractivity contribution in [2.45, 2.75) is 4.90 Å². The van der Waals surface area contributed by atoms with Crippen LogP contribution < -0.4 is 15.4 Å². The summed E-state index contributed by atoms with van der Waals surface area (Å²) >= 11 is 0. The molecule has 0 bridgehead atoms. The summed E-state index contributed by atoms with van der Waals surface area (Å²) in [6, 6.07) is 14.9.